The van der Waals surface area contributed by atoms with Crippen LogP contribution in [0.4, 0.5) is 5.69 Å². The van der Waals surface area contributed by atoms with Gasteiger partial charge in [-0.15, -0.1) is 0 Å². The van der Waals surface area contributed by atoms with Gasteiger partial charge in [-0.3, -0.25) is 4.79 Å². The Morgan fingerprint density at radius 3 is 2.70 bits per heavy atom. The first-order valence-corrected chi connectivity index (χ1v) is 6.86. The van der Waals surface area contributed by atoms with E-state index in [0.29, 0.717) is 5.92 Å². The van der Waals surface area contributed by atoms with E-state index in [2.05, 4.69) is 12.2 Å². The van der Waals surface area contributed by atoms with E-state index in [9.17, 15) is 4.79 Å². The van der Waals surface area contributed by atoms with Crippen LogP contribution in [0.5, 0.6) is 0 Å². The second-order valence-corrected chi connectivity index (χ2v) is 5.25. The van der Waals surface area contributed by atoms with Crippen LogP contribution in [0.1, 0.15) is 30.8 Å². The van der Waals surface area contributed by atoms with E-state index in [4.69, 9.17) is 4.42 Å². The van der Waals surface area contributed by atoms with E-state index in [0.717, 1.165) is 23.1 Å². The zero-order valence-electron chi connectivity index (χ0n) is 11.4. The SMILES string of the molecule is CC1CC1c1ccc(/C=C/C(=O)Nc2ccccc2)o1. The van der Waals surface area contributed by atoms with Gasteiger partial charge in [0.25, 0.3) is 0 Å². The van der Waals surface area contributed by atoms with Gasteiger partial charge in [-0.25, -0.2) is 0 Å². The zero-order chi connectivity index (χ0) is 13.9. The van der Waals surface area contributed by atoms with Gasteiger partial charge in [0.2, 0.25) is 5.91 Å². The molecule has 0 radical (unpaired) electrons. The van der Waals surface area contributed by atoms with Crippen molar-refractivity contribution in [3.8, 4) is 0 Å². The molecule has 0 aliphatic heterocycles. The second-order valence-electron chi connectivity index (χ2n) is 5.25. The fourth-order valence-electron chi connectivity index (χ4n) is 2.24. The molecule has 2 atom stereocenters. The van der Waals surface area contributed by atoms with Crippen LogP contribution in [0.15, 0.2) is 53.0 Å². The van der Waals surface area contributed by atoms with Gasteiger partial charge in [-0.1, -0.05) is 25.1 Å². The Hall–Kier alpha value is -2.29. The third-order valence-corrected chi connectivity index (χ3v) is 3.56. The normalized spacial score (nSPS) is 21.1. The molecule has 2 aromatic rings. The molecule has 3 heteroatoms. The Morgan fingerprint density at radius 1 is 1.25 bits per heavy atom. The topological polar surface area (TPSA) is 42.2 Å². The van der Waals surface area contributed by atoms with Crippen molar-refractivity contribution in [1.82, 2.24) is 0 Å². The van der Waals surface area contributed by atoms with Gasteiger partial charge < -0.3 is 9.73 Å². The van der Waals surface area contributed by atoms with Gasteiger partial charge in [0.05, 0.1) is 0 Å². The Balaban J connectivity index is 1.59. The number of benzene rings is 1. The Bertz CT molecular complexity index is 627. The summed E-state index contributed by atoms with van der Waals surface area (Å²) >= 11 is 0. The predicted octanol–water partition coefficient (Wildman–Crippen LogP) is 4.05. The first-order valence-electron chi connectivity index (χ1n) is 6.86. The van der Waals surface area contributed by atoms with Crippen LogP contribution in [0.3, 0.4) is 0 Å². The average Bonchev–Trinajstić information content (AvgIpc) is 3.01. The molecule has 3 nitrogen and oxygen atoms in total. The van der Waals surface area contributed by atoms with E-state index >= 15 is 0 Å². The minimum absolute atomic E-state index is 0.158. The molecule has 1 fully saturated rings. The number of furan rings is 1. The van der Waals surface area contributed by atoms with Crippen molar-refractivity contribution in [3.05, 3.63) is 60.1 Å². The second kappa shape index (κ2) is 5.37. The highest BCUT2D eigenvalue weighted by Gasteiger charge is 2.36. The number of hydrogen-bond donors (Lipinski definition) is 1. The fraction of sp³-hybridized carbons (Fsp3) is 0.235. The summed E-state index contributed by atoms with van der Waals surface area (Å²) < 4.78 is 5.71. The van der Waals surface area contributed by atoms with Crippen molar-refractivity contribution < 1.29 is 9.21 Å². The largest absolute Gasteiger partial charge is 0.461 e. The van der Waals surface area contributed by atoms with Crippen LogP contribution in [-0.2, 0) is 4.79 Å². The summed E-state index contributed by atoms with van der Waals surface area (Å²) in [5.74, 6) is 2.88. The number of rotatable bonds is 4. The molecule has 0 spiro atoms. The number of hydrogen-bond acceptors (Lipinski definition) is 2. The van der Waals surface area contributed by atoms with Crippen LogP contribution >= 0.6 is 0 Å². The third kappa shape index (κ3) is 2.99. The Kier molecular flexibility index (Phi) is 3.42. The first-order chi connectivity index (χ1) is 9.72. The van der Waals surface area contributed by atoms with E-state index in [-0.39, 0.29) is 5.91 Å². The third-order valence-electron chi connectivity index (χ3n) is 3.56. The molecule has 1 aliphatic rings. The minimum atomic E-state index is -0.158. The quantitative estimate of drug-likeness (QED) is 0.849. The lowest BCUT2D eigenvalue weighted by Gasteiger charge is -1.99. The molecule has 20 heavy (non-hydrogen) atoms. The standard InChI is InChI=1S/C17H17NO2/c1-12-11-15(12)16-9-7-14(20-16)8-10-17(19)18-13-5-3-2-4-6-13/h2-10,12,15H,11H2,1H3,(H,18,19)/b10-8+. The lowest BCUT2D eigenvalue weighted by atomic mass is 10.3. The lowest BCUT2D eigenvalue weighted by molar-refractivity contribution is -0.111. The van der Waals surface area contributed by atoms with E-state index in [1.807, 2.05) is 42.5 Å². The van der Waals surface area contributed by atoms with Crippen LogP contribution in [0.25, 0.3) is 6.08 Å². The van der Waals surface area contributed by atoms with Crippen molar-refractivity contribution in [2.24, 2.45) is 5.92 Å². The van der Waals surface area contributed by atoms with Crippen LogP contribution in [-0.4, -0.2) is 5.91 Å². The monoisotopic (exact) mass is 267 g/mol. The first kappa shape index (κ1) is 12.7. The van der Waals surface area contributed by atoms with E-state index in [1.165, 1.54) is 12.5 Å². The molecule has 0 bridgehead atoms. The van der Waals surface area contributed by atoms with Gasteiger partial charge >= 0.3 is 0 Å². The number of anilines is 1. The molecule has 1 aliphatic carbocycles. The highest BCUT2D eigenvalue weighted by molar-refractivity contribution is 6.01. The summed E-state index contributed by atoms with van der Waals surface area (Å²) in [4.78, 5) is 11.8. The molecule has 1 heterocycles. The summed E-state index contributed by atoms with van der Waals surface area (Å²) in [5.41, 5.74) is 0.786. The molecule has 102 valence electrons. The van der Waals surface area contributed by atoms with Crippen molar-refractivity contribution in [3.63, 3.8) is 0 Å². The molecule has 2 unspecified atom stereocenters. The van der Waals surface area contributed by atoms with Crippen molar-refractivity contribution >= 4 is 17.7 Å². The molecule has 1 N–H and O–H groups in total. The fourth-order valence-corrected chi connectivity index (χ4v) is 2.24. The van der Waals surface area contributed by atoms with Crippen LogP contribution in [0, 0.1) is 5.92 Å². The number of carbonyl (C=O) groups is 1. The summed E-state index contributed by atoms with van der Waals surface area (Å²) in [6, 6.07) is 13.3. The summed E-state index contributed by atoms with van der Waals surface area (Å²) in [6.45, 7) is 2.22. The summed E-state index contributed by atoms with van der Waals surface area (Å²) in [6.07, 6.45) is 4.39. The summed E-state index contributed by atoms with van der Waals surface area (Å²) in [5, 5.41) is 2.79. The Labute approximate surface area is 118 Å². The van der Waals surface area contributed by atoms with E-state index < -0.39 is 0 Å². The number of carbonyl (C=O) groups excluding carboxylic acids is 1. The maximum Gasteiger partial charge on any atom is 0.248 e. The Morgan fingerprint density at radius 2 is 2.00 bits per heavy atom. The summed E-state index contributed by atoms with van der Waals surface area (Å²) in [7, 11) is 0. The lowest BCUT2D eigenvalue weighted by Crippen LogP contribution is -2.07. The highest BCUT2D eigenvalue weighted by Crippen LogP contribution is 2.47. The molecule has 1 aromatic heterocycles. The van der Waals surface area contributed by atoms with Gasteiger partial charge in [0.15, 0.2) is 0 Å². The van der Waals surface area contributed by atoms with Crippen LogP contribution in [0.2, 0.25) is 0 Å². The molecule has 1 amide bonds. The molecular weight excluding hydrogens is 250 g/mol. The number of para-hydroxylation sites is 1. The van der Waals surface area contributed by atoms with Crippen molar-refractivity contribution in [1.29, 1.82) is 0 Å². The maximum atomic E-state index is 11.8. The molecule has 0 saturated heterocycles. The molecular formula is C17H17NO2. The molecule has 1 aromatic carbocycles. The van der Waals surface area contributed by atoms with Gasteiger partial charge in [-0.2, -0.15) is 0 Å². The number of amides is 1. The zero-order valence-corrected chi connectivity index (χ0v) is 11.4. The average molecular weight is 267 g/mol. The smallest absolute Gasteiger partial charge is 0.248 e. The highest BCUT2D eigenvalue weighted by atomic mass is 16.3. The van der Waals surface area contributed by atoms with Gasteiger partial charge in [0, 0.05) is 17.7 Å². The minimum Gasteiger partial charge on any atom is -0.461 e. The predicted molar refractivity (Wildman–Crippen MR) is 79.3 cm³/mol. The maximum absolute atomic E-state index is 11.8. The van der Waals surface area contributed by atoms with Crippen molar-refractivity contribution in [2.75, 3.05) is 5.32 Å². The van der Waals surface area contributed by atoms with Gasteiger partial charge in [0.1, 0.15) is 11.5 Å². The van der Waals surface area contributed by atoms with Crippen LogP contribution < -0.4 is 5.32 Å². The molecule has 1 saturated carbocycles. The van der Waals surface area contributed by atoms with Gasteiger partial charge in [-0.05, 0) is 42.7 Å². The van der Waals surface area contributed by atoms with Crippen molar-refractivity contribution in [2.45, 2.75) is 19.3 Å². The number of nitrogens with one attached hydrogen (secondary N) is 1. The molecule has 3 rings (SSSR count). The van der Waals surface area contributed by atoms with E-state index in [1.54, 1.807) is 6.08 Å².